The lowest BCUT2D eigenvalue weighted by atomic mass is 9.87. The number of ether oxygens (including phenoxy) is 1. The van der Waals surface area contributed by atoms with Gasteiger partial charge in [-0.3, -0.25) is 4.79 Å². The van der Waals surface area contributed by atoms with Crippen LogP contribution in [0, 0.1) is 0 Å². The van der Waals surface area contributed by atoms with Crippen molar-refractivity contribution in [3.63, 3.8) is 0 Å². The average molecular weight is 356 g/mol. The Kier molecular flexibility index (Phi) is 7.23. The van der Waals surface area contributed by atoms with Crippen LogP contribution in [0.25, 0.3) is 0 Å². The van der Waals surface area contributed by atoms with Gasteiger partial charge in [-0.2, -0.15) is 0 Å². The summed E-state index contributed by atoms with van der Waals surface area (Å²) in [6, 6.07) is 7.02. The molecular formula is C17H28N2O4S. The summed E-state index contributed by atoms with van der Waals surface area (Å²) in [6.07, 6.45) is 1.23. The van der Waals surface area contributed by atoms with E-state index in [2.05, 4.69) is 32.2 Å². The minimum Gasteiger partial charge on any atom is -0.492 e. The fourth-order valence-electron chi connectivity index (χ4n) is 2.00. The van der Waals surface area contributed by atoms with Crippen molar-refractivity contribution >= 4 is 15.7 Å². The topological polar surface area (TPSA) is 98.5 Å². The number of amides is 1. The van der Waals surface area contributed by atoms with Crippen LogP contribution >= 0.6 is 0 Å². The lowest BCUT2D eigenvalue weighted by Gasteiger charge is -2.20. The van der Waals surface area contributed by atoms with E-state index in [0.29, 0.717) is 13.2 Å². The smallest absolute Gasteiger partial charge is 0.237 e. The van der Waals surface area contributed by atoms with E-state index in [1.807, 2.05) is 18.2 Å². The Morgan fingerprint density at radius 3 is 2.58 bits per heavy atom. The van der Waals surface area contributed by atoms with E-state index in [-0.39, 0.29) is 23.5 Å². The molecule has 6 nitrogen and oxygen atoms in total. The van der Waals surface area contributed by atoms with Crippen LogP contribution in [0.5, 0.6) is 5.75 Å². The summed E-state index contributed by atoms with van der Waals surface area (Å²) in [6.45, 7) is 7.02. The molecule has 1 aromatic carbocycles. The van der Waals surface area contributed by atoms with Crippen LogP contribution in [0.1, 0.15) is 32.8 Å². The second-order valence-electron chi connectivity index (χ2n) is 6.94. The summed E-state index contributed by atoms with van der Waals surface area (Å²) in [7, 11) is -3.11. The minimum absolute atomic E-state index is 0.0416. The molecule has 0 saturated heterocycles. The van der Waals surface area contributed by atoms with Crippen LogP contribution in [0.4, 0.5) is 0 Å². The Bertz CT molecular complexity index is 651. The van der Waals surface area contributed by atoms with Crippen molar-refractivity contribution in [3.8, 4) is 5.75 Å². The van der Waals surface area contributed by atoms with Gasteiger partial charge in [-0.05, 0) is 29.5 Å². The van der Waals surface area contributed by atoms with E-state index >= 15 is 0 Å². The van der Waals surface area contributed by atoms with Crippen molar-refractivity contribution in [2.45, 2.75) is 38.6 Å². The molecule has 0 spiro atoms. The van der Waals surface area contributed by atoms with Crippen molar-refractivity contribution in [3.05, 3.63) is 29.8 Å². The molecule has 0 saturated carbocycles. The van der Waals surface area contributed by atoms with Crippen LogP contribution in [0.15, 0.2) is 24.3 Å². The number of hydrogen-bond acceptors (Lipinski definition) is 5. The number of hydrogen-bond donors (Lipinski definition) is 2. The molecule has 3 N–H and O–H groups in total. The molecule has 0 aliphatic heterocycles. The summed E-state index contributed by atoms with van der Waals surface area (Å²) >= 11 is 0. The van der Waals surface area contributed by atoms with E-state index in [4.69, 9.17) is 10.5 Å². The van der Waals surface area contributed by atoms with E-state index in [1.54, 1.807) is 0 Å². The van der Waals surface area contributed by atoms with Gasteiger partial charge in [0.2, 0.25) is 5.91 Å². The summed E-state index contributed by atoms with van der Waals surface area (Å²) in [5.41, 5.74) is 6.88. The minimum atomic E-state index is -3.11. The monoisotopic (exact) mass is 356 g/mol. The van der Waals surface area contributed by atoms with Crippen molar-refractivity contribution in [2.24, 2.45) is 5.73 Å². The maximum atomic E-state index is 11.8. The Labute approximate surface area is 144 Å². The largest absolute Gasteiger partial charge is 0.492 e. The van der Waals surface area contributed by atoms with Crippen molar-refractivity contribution in [1.29, 1.82) is 0 Å². The average Bonchev–Trinajstić information content (AvgIpc) is 2.47. The summed E-state index contributed by atoms with van der Waals surface area (Å²) in [5, 5.41) is 2.65. The van der Waals surface area contributed by atoms with Crippen molar-refractivity contribution in [2.75, 3.05) is 25.2 Å². The molecule has 0 aliphatic rings. The molecule has 1 unspecified atom stereocenters. The summed E-state index contributed by atoms with van der Waals surface area (Å²) < 4.78 is 27.8. The molecule has 1 rings (SSSR count). The highest BCUT2D eigenvalue weighted by Gasteiger charge is 2.16. The number of rotatable bonds is 8. The normalized spacial score (nSPS) is 13.4. The zero-order valence-electron chi connectivity index (χ0n) is 14.8. The number of carbonyl (C=O) groups is 1. The van der Waals surface area contributed by atoms with Crippen LogP contribution in [0.2, 0.25) is 0 Å². The molecule has 0 aromatic heterocycles. The SMILES string of the molecule is CC(C)(C)c1cccc(OCCNC(=O)C(N)CCS(C)(=O)=O)c1. The fourth-order valence-corrected chi connectivity index (χ4v) is 2.68. The molecule has 0 bridgehead atoms. The molecule has 7 heteroatoms. The van der Waals surface area contributed by atoms with Crippen molar-refractivity contribution < 1.29 is 17.9 Å². The lowest BCUT2D eigenvalue weighted by Crippen LogP contribution is -2.42. The van der Waals surface area contributed by atoms with Crippen LogP contribution < -0.4 is 15.8 Å². The second kappa shape index (κ2) is 8.48. The third-order valence-corrected chi connectivity index (χ3v) is 4.48. The van der Waals surface area contributed by atoms with Gasteiger partial charge in [0.25, 0.3) is 0 Å². The van der Waals surface area contributed by atoms with Crippen LogP contribution in [-0.2, 0) is 20.0 Å². The van der Waals surface area contributed by atoms with Gasteiger partial charge in [0.1, 0.15) is 22.2 Å². The van der Waals surface area contributed by atoms with Gasteiger partial charge in [-0.15, -0.1) is 0 Å². The molecule has 0 fully saturated rings. The molecule has 1 atom stereocenters. The van der Waals surface area contributed by atoms with E-state index in [9.17, 15) is 13.2 Å². The molecule has 24 heavy (non-hydrogen) atoms. The highest BCUT2D eigenvalue weighted by atomic mass is 32.2. The predicted octanol–water partition coefficient (Wildman–Crippen LogP) is 1.24. The number of carbonyl (C=O) groups excluding carboxylic acids is 1. The third-order valence-electron chi connectivity index (χ3n) is 3.51. The van der Waals surface area contributed by atoms with Crippen molar-refractivity contribution in [1.82, 2.24) is 5.32 Å². The van der Waals surface area contributed by atoms with Crippen LogP contribution in [-0.4, -0.2) is 45.5 Å². The number of nitrogens with two attached hydrogens (primary N) is 1. The number of benzene rings is 1. The molecule has 0 heterocycles. The van der Waals surface area contributed by atoms with Gasteiger partial charge >= 0.3 is 0 Å². The van der Waals surface area contributed by atoms with E-state index in [0.717, 1.165) is 12.0 Å². The highest BCUT2D eigenvalue weighted by molar-refractivity contribution is 7.90. The standard InChI is InChI=1S/C17H28N2O4S/c1-17(2,3)13-6-5-7-14(12-13)23-10-9-19-16(20)15(18)8-11-24(4,21)22/h5-7,12,15H,8-11,18H2,1-4H3,(H,19,20). The summed E-state index contributed by atoms with van der Waals surface area (Å²) in [5.74, 6) is 0.279. The first-order valence-corrected chi connectivity index (χ1v) is 9.99. The molecular weight excluding hydrogens is 328 g/mol. The van der Waals surface area contributed by atoms with Gasteiger partial charge in [0.15, 0.2) is 0 Å². The zero-order chi connectivity index (χ0) is 18.4. The Hall–Kier alpha value is -1.60. The summed E-state index contributed by atoms with van der Waals surface area (Å²) in [4.78, 5) is 11.8. The predicted molar refractivity (Wildman–Crippen MR) is 95.9 cm³/mol. The first kappa shape index (κ1) is 20.4. The lowest BCUT2D eigenvalue weighted by molar-refractivity contribution is -0.122. The molecule has 0 aliphatic carbocycles. The maximum absolute atomic E-state index is 11.8. The van der Waals surface area contributed by atoms with Gasteiger partial charge < -0.3 is 15.8 Å². The van der Waals surface area contributed by atoms with E-state index < -0.39 is 15.9 Å². The van der Waals surface area contributed by atoms with E-state index in [1.165, 1.54) is 5.56 Å². The quantitative estimate of drug-likeness (QED) is 0.683. The number of nitrogens with one attached hydrogen (secondary N) is 1. The first-order valence-electron chi connectivity index (χ1n) is 7.93. The molecule has 136 valence electrons. The van der Waals surface area contributed by atoms with Gasteiger partial charge in [-0.1, -0.05) is 32.9 Å². The molecule has 0 radical (unpaired) electrons. The Balaban J connectivity index is 2.37. The first-order chi connectivity index (χ1) is 11.0. The van der Waals surface area contributed by atoms with Gasteiger partial charge in [0.05, 0.1) is 18.3 Å². The molecule has 1 amide bonds. The van der Waals surface area contributed by atoms with Gasteiger partial charge in [0, 0.05) is 6.26 Å². The third kappa shape index (κ3) is 7.79. The second-order valence-corrected chi connectivity index (χ2v) is 9.20. The van der Waals surface area contributed by atoms with Gasteiger partial charge in [-0.25, -0.2) is 8.42 Å². The zero-order valence-corrected chi connectivity index (χ0v) is 15.7. The van der Waals surface area contributed by atoms with Crippen LogP contribution in [0.3, 0.4) is 0 Å². The Morgan fingerprint density at radius 1 is 1.33 bits per heavy atom. The Morgan fingerprint density at radius 2 is 2.00 bits per heavy atom. The highest BCUT2D eigenvalue weighted by Crippen LogP contribution is 2.25. The fraction of sp³-hybridized carbons (Fsp3) is 0.588. The molecule has 1 aromatic rings. The number of sulfone groups is 1. The maximum Gasteiger partial charge on any atom is 0.237 e.